The molecule has 0 amide bonds. The molecule has 0 N–H and O–H groups in total. The van der Waals surface area contributed by atoms with Crippen LogP contribution in [0.15, 0.2) is 38.0 Å². The lowest BCUT2D eigenvalue weighted by Gasteiger charge is -2.10. The molecule has 0 aliphatic rings. The summed E-state index contributed by atoms with van der Waals surface area (Å²) in [5, 5.41) is 0. The van der Waals surface area contributed by atoms with Gasteiger partial charge in [-0.05, 0) is 0 Å². The largest absolute Gasteiger partial charge is 0.725 e. The quantitative estimate of drug-likeness (QED) is 0.166. The molecule has 0 unspecified atom stereocenters. The Morgan fingerprint density at radius 1 is 0.688 bits per heavy atom. The van der Waals surface area contributed by atoms with Crippen LogP contribution in [0, 0.1) is 0 Å². The Balaban J connectivity index is 3.69. The lowest BCUT2D eigenvalue weighted by molar-refractivity contribution is -0.340. The van der Waals surface area contributed by atoms with Gasteiger partial charge in [0, 0.05) is 0 Å². The van der Waals surface area contributed by atoms with Crippen LogP contribution >= 0.6 is 0 Å². The molecule has 0 saturated heterocycles. The van der Waals surface area contributed by atoms with Crippen molar-refractivity contribution in [3.63, 3.8) is 0 Å². The molecule has 0 radical (unpaired) electrons. The number of hydrogen-bond acceptors (Lipinski definition) is 6. The highest BCUT2D eigenvalue weighted by Crippen LogP contribution is 1.96. The first-order valence-electron chi connectivity index (χ1n) is 4.52. The van der Waals surface area contributed by atoms with Crippen LogP contribution in [0.2, 0.25) is 0 Å². The molecule has 0 fully saturated rings. The Bertz CT molecular complexity index is 165. The average Bonchev–Trinajstić information content (AvgIpc) is 2.29. The van der Waals surface area contributed by atoms with Crippen molar-refractivity contribution in [2.24, 2.45) is 0 Å². The zero-order valence-corrected chi connectivity index (χ0v) is 9.00. The Morgan fingerprint density at radius 2 is 1.00 bits per heavy atom. The van der Waals surface area contributed by atoms with Crippen molar-refractivity contribution in [2.45, 2.75) is 0 Å². The van der Waals surface area contributed by atoms with Gasteiger partial charge in [-0.3, -0.25) is 0 Å². The van der Waals surface area contributed by atoms with Gasteiger partial charge in [0.05, 0.1) is 19.8 Å². The van der Waals surface area contributed by atoms with E-state index in [9.17, 15) is 0 Å². The van der Waals surface area contributed by atoms with E-state index in [1.165, 1.54) is 18.2 Å². The van der Waals surface area contributed by atoms with Gasteiger partial charge in [-0.15, -0.1) is 19.7 Å². The normalized spacial score (nSPS) is 9.75. The van der Waals surface area contributed by atoms with Crippen molar-refractivity contribution in [3.8, 4) is 0 Å². The highest BCUT2D eigenvalue weighted by atomic mass is 17.3. The van der Waals surface area contributed by atoms with Crippen LogP contribution in [0.1, 0.15) is 0 Å². The molecule has 0 aliphatic carbocycles. The summed E-state index contributed by atoms with van der Waals surface area (Å²) in [6.07, 6.45) is 4.48. The fourth-order valence-electron chi connectivity index (χ4n) is 0.477. The molecule has 0 bridgehead atoms. The molecule has 90 valence electrons. The van der Waals surface area contributed by atoms with E-state index in [0.29, 0.717) is 0 Å². The molecule has 0 spiro atoms. The van der Waals surface area contributed by atoms with Crippen molar-refractivity contribution in [3.05, 3.63) is 38.0 Å². The summed E-state index contributed by atoms with van der Waals surface area (Å²) in [5.74, 6) is 0. The number of hydrogen-bond donors (Lipinski definition) is 0. The first-order valence-corrected chi connectivity index (χ1v) is 4.52. The van der Waals surface area contributed by atoms with E-state index >= 15 is 0 Å². The molecule has 0 aromatic carbocycles. The Hall–Kier alpha value is -0.955. The first kappa shape index (κ1) is 15.0. The summed E-state index contributed by atoms with van der Waals surface area (Å²) in [6, 6.07) is 0. The van der Waals surface area contributed by atoms with Crippen LogP contribution in [0.3, 0.4) is 0 Å². The van der Waals surface area contributed by atoms with Crippen molar-refractivity contribution in [1.82, 2.24) is 0 Å². The highest BCUT2D eigenvalue weighted by Gasteiger charge is 2.26. The van der Waals surface area contributed by atoms with Crippen LogP contribution in [0.25, 0.3) is 0 Å². The Labute approximate surface area is 95.0 Å². The summed E-state index contributed by atoms with van der Waals surface area (Å²) in [7, 11) is -1.26. The topological polar surface area (TPSA) is 55.4 Å². The second-order valence-electron chi connectivity index (χ2n) is 2.30. The second-order valence-corrected chi connectivity index (χ2v) is 2.30. The molecule has 0 heterocycles. The smallest absolute Gasteiger partial charge is 0.243 e. The fraction of sp³-hybridized carbons (Fsp3) is 0.333. The van der Waals surface area contributed by atoms with Crippen molar-refractivity contribution >= 4 is 7.32 Å². The summed E-state index contributed by atoms with van der Waals surface area (Å²) in [5.41, 5.74) is 0. The van der Waals surface area contributed by atoms with Gasteiger partial charge in [-0.25, -0.2) is 29.1 Å². The minimum Gasteiger partial charge on any atom is -0.243 e. The fourth-order valence-corrected chi connectivity index (χ4v) is 0.477. The maximum Gasteiger partial charge on any atom is 0.725 e. The predicted octanol–water partition coefficient (Wildman–Crippen LogP) is 1.37. The number of rotatable bonds is 12. The van der Waals surface area contributed by atoms with Gasteiger partial charge in [0.15, 0.2) is 0 Å². The predicted molar refractivity (Wildman–Crippen MR) is 57.5 cm³/mol. The Morgan fingerprint density at radius 3 is 1.25 bits per heavy atom. The molecular weight excluding hydrogens is 215 g/mol. The minimum absolute atomic E-state index is 0.173. The average molecular weight is 230 g/mol. The first-order chi connectivity index (χ1) is 7.85. The second kappa shape index (κ2) is 12.1. The molecule has 0 atom stereocenters. The van der Waals surface area contributed by atoms with Gasteiger partial charge in [0.2, 0.25) is 0 Å². The molecule has 6 nitrogen and oxygen atoms in total. The molecule has 0 aromatic rings. The molecule has 0 aromatic heterocycles. The van der Waals surface area contributed by atoms with E-state index < -0.39 is 7.32 Å². The monoisotopic (exact) mass is 230 g/mol. The maximum absolute atomic E-state index is 4.64. The van der Waals surface area contributed by atoms with E-state index in [4.69, 9.17) is 0 Å². The van der Waals surface area contributed by atoms with Crippen LogP contribution in [-0.2, 0) is 29.1 Å². The third-order valence-corrected chi connectivity index (χ3v) is 0.998. The molecule has 16 heavy (non-hydrogen) atoms. The van der Waals surface area contributed by atoms with Crippen LogP contribution in [0.5, 0.6) is 0 Å². The molecule has 0 rings (SSSR count). The van der Waals surface area contributed by atoms with Crippen LogP contribution in [-0.4, -0.2) is 27.1 Å². The Kier molecular flexibility index (Phi) is 11.4. The standard InChI is InChI=1S/C9H15BO6/c1-4-7-11-14-10(15-12-8-5-2)16-13-9-6-3/h4-6H,1-3,7-9H2. The van der Waals surface area contributed by atoms with E-state index in [1.54, 1.807) is 0 Å². The lowest BCUT2D eigenvalue weighted by Crippen LogP contribution is -2.28. The summed E-state index contributed by atoms with van der Waals surface area (Å²) in [4.78, 5) is 27.8. The highest BCUT2D eigenvalue weighted by molar-refractivity contribution is 6.35. The van der Waals surface area contributed by atoms with Gasteiger partial charge < -0.3 is 0 Å². The summed E-state index contributed by atoms with van der Waals surface area (Å²) in [6.45, 7) is 10.8. The summed E-state index contributed by atoms with van der Waals surface area (Å²) >= 11 is 0. The van der Waals surface area contributed by atoms with Gasteiger partial charge in [-0.2, -0.15) is 0 Å². The van der Waals surface area contributed by atoms with Gasteiger partial charge >= 0.3 is 7.32 Å². The van der Waals surface area contributed by atoms with Crippen LogP contribution < -0.4 is 0 Å². The maximum atomic E-state index is 4.64. The lowest BCUT2D eigenvalue weighted by atomic mass is 10.3. The third-order valence-electron chi connectivity index (χ3n) is 0.998. The van der Waals surface area contributed by atoms with Crippen molar-refractivity contribution < 1.29 is 29.1 Å². The van der Waals surface area contributed by atoms with Gasteiger partial charge in [0.25, 0.3) is 0 Å². The van der Waals surface area contributed by atoms with Crippen molar-refractivity contribution in [2.75, 3.05) is 19.8 Å². The van der Waals surface area contributed by atoms with Crippen LogP contribution in [0.4, 0.5) is 0 Å². The molecular formula is C9H15BO6. The molecule has 0 saturated carbocycles. The van der Waals surface area contributed by atoms with E-state index in [2.05, 4.69) is 48.8 Å². The van der Waals surface area contributed by atoms with E-state index in [-0.39, 0.29) is 19.8 Å². The zero-order valence-electron chi connectivity index (χ0n) is 9.00. The molecule has 0 aliphatic heterocycles. The third kappa shape index (κ3) is 9.59. The SMILES string of the molecule is C=CCOOB(OOCC=C)OOCC=C. The summed E-state index contributed by atoms with van der Waals surface area (Å²) < 4.78 is 0. The zero-order chi connectivity index (χ0) is 12.1. The van der Waals surface area contributed by atoms with Crippen molar-refractivity contribution in [1.29, 1.82) is 0 Å². The van der Waals surface area contributed by atoms with Gasteiger partial charge in [0.1, 0.15) is 0 Å². The molecule has 7 heteroatoms. The minimum atomic E-state index is -1.26. The van der Waals surface area contributed by atoms with E-state index in [0.717, 1.165) is 0 Å². The van der Waals surface area contributed by atoms with Gasteiger partial charge in [-0.1, -0.05) is 18.2 Å². The van der Waals surface area contributed by atoms with E-state index in [1.807, 2.05) is 0 Å².